The van der Waals surface area contributed by atoms with Crippen LogP contribution in [0.1, 0.15) is 28.4 Å². The second-order valence-corrected chi connectivity index (χ2v) is 6.66. The fourth-order valence-corrected chi connectivity index (χ4v) is 2.78. The van der Waals surface area contributed by atoms with Gasteiger partial charge in [-0.25, -0.2) is 4.79 Å². The number of carbonyl (C=O) groups is 2. The minimum absolute atomic E-state index is 0.0102. The highest BCUT2D eigenvalue weighted by Crippen LogP contribution is 2.28. The largest absolute Gasteiger partial charge is 0.449 e. The number of nitrogens with one attached hydrogen (secondary N) is 1. The third-order valence-corrected chi connectivity index (χ3v) is 4.35. The van der Waals surface area contributed by atoms with Crippen LogP contribution < -0.4 is 5.32 Å². The molecule has 7 heteroatoms. The van der Waals surface area contributed by atoms with Gasteiger partial charge in [-0.05, 0) is 31.5 Å². The molecule has 0 saturated carbocycles. The number of rotatable bonds is 7. The smallest absolute Gasteiger partial charge is 0.340 e. The number of aryl methyl sites for hydroxylation is 1. The molecule has 0 bridgehead atoms. The van der Waals surface area contributed by atoms with E-state index in [1.54, 1.807) is 12.1 Å². The molecule has 1 unspecified atom stereocenters. The quantitative estimate of drug-likeness (QED) is 0.579. The molecule has 0 fully saturated rings. The van der Waals surface area contributed by atoms with Crippen molar-refractivity contribution in [1.82, 2.24) is 5.32 Å². The summed E-state index contributed by atoms with van der Waals surface area (Å²) < 4.78 is 30.3. The van der Waals surface area contributed by atoms with Crippen LogP contribution in [0.5, 0.6) is 0 Å². The molecule has 0 aliphatic heterocycles. The number of halogens is 2. The molecule has 0 radical (unpaired) electrons. The minimum Gasteiger partial charge on any atom is -0.449 e. The molecule has 1 atom stereocenters. The summed E-state index contributed by atoms with van der Waals surface area (Å²) in [5.74, 6) is -3.93. The van der Waals surface area contributed by atoms with Crippen molar-refractivity contribution in [2.24, 2.45) is 0 Å². The van der Waals surface area contributed by atoms with Crippen molar-refractivity contribution in [3.63, 3.8) is 0 Å². The molecule has 0 aliphatic rings. The summed E-state index contributed by atoms with van der Waals surface area (Å²) in [5.41, 5.74) is 2.04. The van der Waals surface area contributed by atoms with Gasteiger partial charge in [0.15, 0.2) is 6.10 Å². The highest BCUT2D eigenvalue weighted by Gasteiger charge is 2.21. The molecule has 26 heavy (non-hydrogen) atoms. The van der Waals surface area contributed by atoms with Crippen molar-refractivity contribution in [1.29, 1.82) is 0 Å². The minimum atomic E-state index is -2.65. The molecule has 0 aromatic heterocycles. The zero-order valence-electron chi connectivity index (χ0n) is 14.4. The molecule has 0 heterocycles. The molecule has 2 aromatic rings. The first-order valence-corrected chi connectivity index (χ1v) is 8.83. The number of alkyl halides is 2. The SMILES string of the molecule is Cc1ccc(CNC(=O)C(C)OC(=O)c2ccccc2SC(F)F)cc1. The lowest BCUT2D eigenvalue weighted by atomic mass is 10.1. The molecular weight excluding hydrogens is 360 g/mol. The van der Waals surface area contributed by atoms with Crippen molar-refractivity contribution in [2.75, 3.05) is 0 Å². The zero-order valence-corrected chi connectivity index (χ0v) is 15.2. The molecule has 0 spiro atoms. The van der Waals surface area contributed by atoms with Gasteiger partial charge in [-0.3, -0.25) is 4.79 Å². The van der Waals surface area contributed by atoms with Crippen molar-refractivity contribution in [2.45, 2.75) is 37.1 Å². The number of ether oxygens (including phenoxy) is 1. The number of esters is 1. The van der Waals surface area contributed by atoms with Crippen molar-refractivity contribution >= 4 is 23.6 Å². The van der Waals surface area contributed by atoms with Crippen LogP contribution in [0.3, 0.4) is 0 Å². The maximum Gasteiger partial charge on any atom is 0.340 e. The van der Waals surface area contributed by atoms with E-state index in [2.05, 4.69) is 5.32 Å². The first-order chi connectivity index (χ1) is 12.4. The Labute approximate surface area is 154 Å². The third kappa shape index (κ3) is 5.84. The van der Waals surface area contributed by atoms with Crippen LogP contribution in [0.2, 0.25) is 0 Å². The maximum atomic E-state index is 12.6. The van der Waals surface area contributed by atoms with E-state index in [-0.39, 0.29) is 22.2 Å². The van der Waals surface area contributed by atoms with E-state index < -0.39 is 23.7 Å². The zero-order chi connectivity index (χ0) is 19.1. The summed E-state index contributed by atoms with van der Waals surface area (Å²) in [5, 5.41) is 2.68. The van der Waals surface area contributed by atoms with Gasteiger partial charge < -0.3 is 10.1 Å². The molecular formula is C19H19F2NO3S. The summed E-state index contributed by atoms with van der Waals surface area (Å²) in [7, 11) is 0. The van der Waals surface area contributed by atoms with E-state index in [0.29, 0.717) is 6.54 Å². The lowest BCUT2D eigenvalue weighted by molar-refractivity contribution is -0.129. The van der Waals surface area contributed by atoms with E-state index in [4.69, 9.17) is 4.74 Å². The summed E-state index contributed by atoms with van der Waals surface area (Å²) in [6, 6.07) is 13.6. The third-order valence-electron chi connectivity index (χ3n) is 3.56. The summed E-state index contributed by atoms with van der Waals surface area (Å²) >= 11 is 0.263. The number of amides is 1. The molecule has 0 saturated heterocycles. The first kappa shape index (κ1) is 19.9. The van der Waals surface area contributed by atoms with Crippen molar-refractivity contribution in [3.8, 4) is 0 Å². The van der Waals surface area contributed by atoms with Gasteiger partial charge in [-0.2, -0.15) is 8.78 Å². The molecule has 1 N–H and O–H groups in total. The van der Waals surface area contributed by atoms with Crippen LogP contribution in [-0.2, 0) is 16.1 Å². The predicted molar refractivity (Wildman–Crippen MR) is 96.2 cm³/mol. The van der Waals surface area contributed by atoms with Crippen molar-refractivity contribution in [3.05, 3.63) is 65.2 Å². The standard InChI is InChI=1S/C19H19F2NO3S/c1-12-7-9-14(10-8-12)11-22-17(23)13(2)25-18(24)15-5-3-4-6-16(15)26-19(20)21/h3-10,13,19H,11H2,1-2H3,(H,22,23). The number of hydrogen-bond acceptors (Lipinski definition) is 4. The van der Waals surface area contributed by atoms with Gasteiger partial charge in [0.05, 0.1) is 5.56 Å². The number of carbonyl (C=O) groups excluding carboxylic acids is 2. The van der Waals surface area contributed by atoms with Crippen LogP contribution in [0.25, 0.3) is 0 Å². The van der Waals surface area contributed by atoms with E-state index in [1.807, 2.05) is 31.2 Å². The fourth-order valence-electron chi connectivity index (χ4n) is 2.15. The van der Waals surface area contributed by atoms with Gasteiger partial charge in [0.25, 0.3) is 11.7 Å². The lowest BCUT2D eigenvalue weighted by Crippen LogP contribution is -2.35. The summed E-state index contributed by atoms with van der Waals surface area (Å²) in [6.07, 6.45) is -1.04. The lowest BCUT2D eigenvalue weighted by Gasteiger charge is -2.15. The Kier molecular flexibility index (Phi) is 7.15. The van der Waals surface area contributed by atoms with Gasteiger partial charge in [0.1, 0.15) is 0 Å². The number of hydrogen-bond donors (Lipinski definition) is 1. The maximum absolute atomic E-state index is 12.6. The normalized spacial score (nSPS) is 11.9. The van der Waals surface area contributed by atoms with E-state index in [1.165, 1.54) is 19.1 Å². The van der Waals surface area contributed by atoms with Gasteiger partial charge in [-0.1, -0.05) is 53.7 Å². The van der Waals surface area contributed by atoms with Crippen LogP contribution in [-0.4, -0.2) is 23.7 Å². The average molecular weight is 379 g/mol. The van der Waals surface area contributed by atoms with E-state index in [0.717, 1.165) is 11.1 Å². The fraction of sp³-hybridized carbons (Fsp3) is 0.263. The topological polar surface area (TPSA) is 55.4 Å². The van der Waals surface area contributed by atoms with Crippen LogP contribution in [0.15, 0.2) is 53.4 Å². The molecule has 0 aliphatic carbocycles. The van der Waals surface area contributed by atoms with Crippen LogP contribution in [0, 0.1) is 6.92 Å². The molecule has 138 valence electrons. The molecule has 2 aromatic carbocycles. The molecule has 4 nitrogen and oxygen atoms in total. The summed E-state index contributed by atoms with van der Waals surface area (Å²) in [4.78, 5) is 24.4. The van der Waals surface area contributed by atoms with Gasteiger partial charge >= 0.3 is 5.97 Å². The Morgan fingerprint density at radius 1 is 1.12 bits per heavy atom. The predicted octanol–water partition coefficient (Wildman–Crippen LogP) is 4.17. The number of thioether (sulfide) groups is 1. The Morgan fingerprint density at radius 3 is 2.42 bits per heavy atom. The van der Waals surface area contributed by atoms with Gasteiger partial charge in [-0.15, -0.1) is 0 Å². The first-order valence-electron chi connectivity index (χ1n) is 7.95. The highest BCUT2D eigenvalue weighted by molar-refractivity contribution is 7.99. The monoisotopic (exact) mass is 379 g/mol. The van der Waals surface area contributed by atoms with Gasteiger partial charge in [0.2, 0.25) is 0 Å². The van der Waals surface area contributed by atoms with Crippen LogP contribution in [0.4, 0.5) is 8.78 Å². The van der Waals surface area contributed by atoms with Crippen molar-refractivity contribution < 1.29 is 23.1 Å². The molecule has 1 amide bonds. The van der Waals surface area contributed by atoms with Crippen LogP contribution >= 0.6 is 11.8 Å². The number of benzene rings is 2. The van der Waals surface area contributed by atoms with Gasteiger partial charge in [0, 0.05) is 11.4 Å². The Hall–Kier alpha value is -2.41. The second-order valence-electron chi connectivity index (χ2n) is 5.63. The molecule has 2 rings (SSSR count). The Bertz CT molecular complexity index is 766. The average Bonchev–Trinajstić information content (AvgIpc) is 2.60. The highest BCUT2D eigenvalue weighted by atomic mass is 32.2. The van der Waals surface area contributed by atoms with E-state index in [9.17, 15) is 18.4 Å². The summed E-state index contributed by atoms with van der Waals surface area (Å²) in [6.45, 7) is 3.71. The Balaban J connectivity index is 1.94. The Morgan fingerprint density at radius 2 is 1.77 bits per heavy atom. The van der Waals surface area contributed by atoms with E-state index >= 15 is 0 Å². The second kappa shape index (κ2) is 9.33.